The minimum atomic E-state index is -4.71. The first-order valence-electron chi connectivity index (χ1n) is 9.49. The molecule has 35 heavy (non-hydrogen) atoms. The van der Waals surface area contributed by atoms with Gasteiger partial charge in [-0.2, -0.15) is 30.7 Å². The van der Waals surface area contributed by atoms with Crippen molar-refractivity contribution >= 4 is 11.4 Å². The number of aromatic amines is 1. The summed E-state index contributed by atoms with van der Waals surface area (Å²) in [6.45, 7) is 0. The van der Waals surface area contributed by atoms with E-state index in [4.69, 9.17) is 5.73 Å². The van der Waals surface area contributed by atoms with Crippen molar-refractivity contribution in [3.8, 4) is 5.69 Å². The first-order chi connectivity index (χ1) is 16.3. The van der Waals surface area contributed by atoms with E-state index in [1.165, 1.54) is 6.07 Å². The fourth-order valence-corrected chi connectivity index (χ4v) is 2.57. The third-order valence-corrected chi connectivity index (χ3v) is 4.20. The Morgan fingerprint density at radius 1 is 0.829 bits per heavy atom. The molecular formula is C22H17F7N4O2. The number of nitro groups is 1. The second kappa shape index (κ2) is 11.2. The summed E-state index contributed by atoms with van der Waals surface area (Å²) in [6.07, 6.45) is -1.88. The van der Waals surface area contributed by atoms with Crippen LogP contribution in [0.15, 0.2) is 85.5 Å². The lowest BCUT2D eigenvalue weighted by Gasteiger charge is -2.11. The molecule has 3 N–H and O–H groups in total. The average molecular weight is 502 g/mol. The third-order valence-electron chi connectivity index (χ3n) is 4.20. The molecule has 0 saturated heterocycles. The van der Waals surface area contributed by atoms with Crippen LogP contribution in [0.5, 0.6) is 0 Å². The molecule has 0 bridgehead atoms. The molecule has 0 atom stereocenters. The molecule has 2 heterocycles. The maximum atomic E-state index is 12.6. The highest BCUT2D eigenvalue weighted by atomic mass is 19.4. The number of H-pyrrole nitrogens is 1. The number of hydrogen-bond acceptors (Lipinski definition) is 3. The molecule has 0 aliphatic carbocycles. The molecule has 0 aliphatic rings. The van der Waals surface area contributed by atoms with Crippen molar-refractivity contribution in [3.05, 3.63) is 113 Å². The van der Waals surface area contributed by atoms with Gasteiger partial charge in [0.25, 0.3) is 0 Å². The van der Waals surface area contributed by atoms with Crippen molar-refractivity contribution in [3.63, 3.8) is 0 Å². The van der Waals surface area contributed by atoms with Crippen LogP contribution in [0.25, 0.3) is 5.69 Å². The van der Waals surface area contributed by atoms with Gasteiger partial charge in [-0.25, -0.2) is 0 Å². The van der Waals surface area contributed by atoms with Crippen LogP contribution in [-0.2, 0) is 12.4 Å². The Bertz CT molecular complexity index is 1200. The number of alkyl halides is 6. The fourth-order valence-electron chi connectivity index (χ4n) is 2.57. The van der Waals surface area contributed by atoms with Gasteiger partial charge in [-0.05, 0) is 54.6 Å². The summed E-state index contributed by atoms with van der Waals surface area (Å²) in [6, 6.07) is 11.8. The van der Waals surface area contributed by atoms with Gasteiger partial charge in [0.05, 0.1) is 27.4 Å². The SMILES string of the molecule is Nc1cc(C(F)(F)F)ccc1-n1cccc1.O=[N+]([O-])c1cc(C(F)(F)F)ccc1F.c1cc[nH]c1. The zero-order valence-corrected chi connectivity index (χ0v) is 17.5. The summed E-state index contributed by atoms with van der Waals surface area (Å²) >= 11 is 0. The Balaban J connectivity index is 0.000000207. The molecular weight excluding hydrogens is 485 g/mol. The maximum Gasteiger partial charge on any atom is 0.416 e. The van der Waals surface area contributed by atoms with Crippen LogP contribution in [-0.4, -0.2) is 14.5 Å². The molecule has 4 rings (SSSR count). The molecule has 13 heteroatoms. The van der Waals surface area contributed by atoms with Crippen molar-refractivity contribution in [1.29, 1.82) is 0 Å². The van der Waals surface area contributed by atoms with Gasteiger partial charge in [0, 0.05) is 30.9 Å². The fraction of sp³-hybridized carbons (Fsp3) is 0.0909. The van der Waals surface area contributed by atoms with E-state index in [0.29, 0.717) is 17.8 Å². The van der Waals surface area contributed by atoms with Crippen molar-refractivity contribution in [2.75, 3.05) is 5.73 Å². The van der Waals surface area contributed by atoms with E-state index in [9.17, 15) is 40.8 Å². The second-order valence-corrected chi connectivity index (χ2v) is 6.67. The topological polar surface area (TPSA) is 89.9 Å². The summed E-state index contributed by atoms with van der Waals surface area (Å²) in [5.41, 5.74) is 3.07. The first-order valence-corrected chi connectivity index (χ1v) is 9.49. The van der Waals surface area contributed by atoms with Gasteiger partial charge in [0.1, 0.15) is 0 Å². The average Bonchev–Trinajstić information content (AvgIpc) is 3.50. The highest BCUT2D eigenvalue weighted by Gasteiger charge is 2.33. The number of anilines is 1. The Hall–Kier alpha value is -4.29. The lowest BCUT2D eigenvalue weighted by atomic mass is 10.1. The highest BCUT2D eigenvalue weighted by Crippen LogP contribution is 2.33. The van der Waals surface area contributed by atoms with E-state index in [-0.39, 0.29) is 11.8 Å². The van der Waals surface area contributed by atoms with Crippen LogP contribution < -0.4 is 5.73 Å². The summed E-state index contributed by atoms with van der Waals surface area (Å²) in [5, 5.41) is 10.1. The highest BCUT2D eigenvalue weighted by molar-refractivity contribution is 5.59. The third kappa shape index (κ3) is 7.91. The van der Waals surface area contributed by atoms with E-state index in [2.05, 4.69) is 4.98 Å². The molecule has 6 nitrogen and oxygen atoms in total. The molecule has 2 aromatic heterocycles. The first kappa shape index (κ1) is 27.0. The van der Waals surface area contributed by atoms with Crippen LogP contribution in [0.3, 0.4) is 0 Å². The van der Waals surface area contributed by atoms with Gasteiger partial charge in [0.2, 0.25) is 5.82 Å². The van der Waals surface area contributed by atoms with Crippen molar-refractivity contribution in [2.45, 2.75) is 12.4 Å². The molecule has 0 amide bonds. The maximum absolute atomic E-state index is 12.6. The number of nitrogens with zero attached hydrogens (tertiary/aromatic N) is 2. The van der Waals surface area contributed by atoms with Gasteiger partial charge in [-0.3, -0.25) is 10.1 Å². The van der Waals surface area contributed by atoms with E-state index in [0.717, 1.165) is 12.1 Å². The molecule has 0 spiro atoms. The zero-order chi connectivity index (χ0) is 26.2. The van der Waals surface area contributed by atoms with Gasteiger partial charge in [-0.1, -0.05) is 0 Å². The van der Waals surface area contributed by atoms with E-state index >= 15 is 0 Å². The van der Waals surface area contributed by atoms with Crippen molar-refractivity contribution in [1.82, 2.24) is 9.55 Å². The number of rotatable bonds is 2. The van der Waals surface area contributed by atoms with Crippen molar-refractivity contribution in [2.24, 2.45) is 0 Å². The lowest BCUT2D eigenvalue weighted by Crippen LogP contribution is -2.07. The van der Waals surface area contributed by atoms with Gasteiger partial charge in [-0.15, -0.1) is 0 Å². The monoisotopic (exact) mass is 502 g/mol. The quantitative estimate of drug-likeness (QED) is 0.136. The predicted octanol–water partition coefficient (Wildman–Crippen LogP) is 6.85. The van der Waals surface area contributed by atoms with Gasteiger partial charge >= 0.3 is 18.0 Å². The molecule has 0 fully saturated rings. The number of benzene rings is 2. The second-order valence-electron chi connectivity index (χ2n) is 6.67. The number of nitro benzene ring substituents is 1. The summed E-state index contributed by atoms with van der Waals surface area (Å²) in [4.78, 5) is 11.8. The predicted molar refractivity (Wildman–Crippen MR) is 114 cm³/mol. The minimum absolute atomic E-state index is 0.103. The lowest BCUT2D eigenvalue weighted by molar-refractivity contribution is -0.387. The number of halogens is 7. The van der Waals surface area contributed by atoms with Crippen LogP contribution in [0.4, 0.5) is 42.1 Å². The Morgan fingerprint density at radius 3 is 1.77 bits per heavy atom. The van der Waals surface area contributed by atoms with E-state index in [1.54, 1.807) is 29.1 Å². The number of nitrogen functional groups attached to an aromatic ring is 1. The molecule has 4 aromatic rings. The summed E-state index contributed by atoms with van der Waals surface area (Å²) in [7, 11) is 0. The van der Waals surface area contributed by atoms with Crippen LogP contribution in [0, 0.1) is 15.9 Å². The summed E-state index contributed by atoms with van der Waals surface area (Å²) in [5.74, 6) is -1.29. The number of hydrogen-bond donors (Lipinski definition) is 2. The largest absolute Gasteiger partial charge is 0.416 e. The Morgan fingerprint density at radius 2 is 1.34 bits per heavy atom. The molecule has 0 saturated carbocycles. The van der Waals surface area contributed by atoms with Crippen LogP contribution >= 0.6 is 0 Å². The number of nitrogens with one attached hydrogen (secondary N) is 1. The summed E-state index contributed by atoms with van der Waals surface area (Å²) < 4.78 is 87.5. The molecule has 0 radical (unpaired) electrons. The number of aromatic nitrogens is 2. The Labute approximate surface area is 193 Å². The van der Waals surface area contributed by atoms with E-state index < -0.39 is 39.9 Å². The Kier molecular flexibility index (Phi) is 8.65. The van der Waals surface area contributed by atoms with Crippen molar-refractivity contribution < 1.29 is 35.7 Å². The molecule has 0 unspecified atom stereocenters. The standard InChI is InChI=1S/C11H9F3N2.C7H3F4NO2.C4H5N/c12-11(13,14)8-3-4-10(9(15)7-8)16-5-1-2-6-16;8-5-2-1-4(7(9,10)11)3-6(5)12(13)14;1-2-4-5-3-1/h1-7H,15H2;1-3H;1-5H. The van der Waals surface area contributed by atoms with Crippen LogP contribution in [0.1, 0.15) is 11.1 Å². The minimum Gasteiger partial charge on any atom is -0.397 e. The smallest absolute Gasteiger partial charge is 0.397 e. The molecule has 2 aromatic carbocycles. The van der Waals surface area contributed by atoms with Gasteiger partial charge in [0.15, 0.2) is 0 Å². The molecule has 0 aliphatic heterocycles. The van der Waals surface area contributed by atoms with Gasteiger partial charge < -0.3 is 15.3 Å². The zero-order valence-electron chi connectivity index (χ0n) is 17.5. The van der Waals surface area contributed by atoms with E-state index in [1.807, 2.05) is 24.5 Å². The van der Waals surface area contributed by atoms with Crippen LogP contribution in [0.2, 0.25) is 0 Å². The number of nitrogens with two attached hydrogens (primary N) is 1. The normalized spacial score (nSPS) is 11.1. The molecule has 186 valence electrons.